The third-order valence-electron chi connectivity index (χ3n) is 10.9. The second-order valence-electron chi connectivity index (χ2n) is 15.5. The number of esters is 2. The Kier molecular flexibility index (Phi) is 11.5. The van der Waals surface area contributed by atoms with E-state index in [1.54, 1.807) is 0 Å². The Hall–Kier alpha value is -1.48. The van der Waals surface area contributed by atoms with Crippen molar-refractivity contribution in [2.75, 3.05) is 0 Å². The molecule has 0 N–H and O–H groups in total. The van der Waals surface area contributed by atoms with Crippen molar-refractivity contribution in [3.05, 3.63) is 0 Å². The monoisotopic (exact) mass is 640 g/mol. The average Bonchev–Trinajstić information content (AvgIpc) is 3.59. The lowest BCUT2D eigenvalue weighted by molar-refractivity contribution is -0.374. The molecular formula is C34H54F6O4. The van der Waals surface area contributed by atoms with Crippen molar-refractivity contribution < 1.29 is 45.4 Å². The molecule has 4 rings (SSSR count). The van der Waals surface area contributed by atoms with Crippen LogP contribution in [0.15, 0.2) is 0 Å². The van der Waals surface area contributed by atoms with Crippen molar-refractivity contribution in [2.45, 2.75) is 143 Å². The number of carbonyl (C=O) groups excluding carboxylic acids is 2. The summed E-state index contributed by atoms with van der Waals surface area (Å²) in [7, 11) is 0. The minimum absolute atomic E-state index is 0.0234. The highest BCUT2D eigenvalue weighted by Crippen LogP contribution is 2.67. The first-order valence-corrected chi connectivity index (χ1v) is 16.7. The Labute approximate surface area is 259 Å². The third-order valence-corrected chi connectivity index (χ3v) is 10.9. The lowest BCUT2D eigenvalue weighted by Gasteiger charge is -2.42. The fraction of sp³-hybridized carbons (Fsp3) is 0.941. The first-order chi connectivity index (χ1) is 20.2. The molecule has 0 saturated heterocycles. The summed E-state index contributed by atoms with van der Waals surface area (Å²) < 4.78 is 91.5. The van der Waals surface area contributed by atoms with E-state index in [1.165, 1.54) is 6.42 Å². The van der Waals surface area contributed by atoms with E-state index in [2.05, 4.69) is 32.4 Å². The molecular weight excluding hydrogens is 586 g/mol. The largest absolute Gasteiger partial charge is 0.460 e. The van der Waals surface area contributed by atoms with Crippen LogP contribution in [0.25, 0.3) is 0 Å². The van der Waals surface area contributed by atoms with E-state index < -0.39 is 36.3 Å². The van der Waals surface area contributed by atoms with Gasteiger partial charge in [-0.25, -0.2) is 0 Å². The van der Waals surface area contributed by atoms with E-state index in [0.29, 0.717) is 49.4 Å². The Morgan fingerprint density at radius 2 is 1.30 bits per heavy atom. The molecule has 4 nitrogen and oxygen atoms in total. The van der Waals surface area contributed by atoms with E-state index in [1.807, 2.05) is 20.8 Å². The summed E-state index contributed by atoms with van der Waals surface area (Å²) in [5.41, 5.74) is -4.76. The Morgan fingerprint density at radius 3 is 1.80 bits per heavy atom. The highest BCUT2D eigenvalue weighted by atomic mass is 19.4. The van der Waals surface area contributed by atoms with Crippen LogP contribution in [-0.4, -0.2) is 35.5 Å². The second-order valence-corrected chi connectivity index (χ2v) is 15.5. The summed E-state index contributed by atoms with van der Waals surface area (Å²) in [5, 5.41) is 0. The number of fused-ring (bicyclic) bond motifs is 5. The van der Waals surface area contributed by atoms with Crippen LogP contribution in [-0.2, 0) is 19.1 Å². The van der Waals surface area contributed by atoms with Crippen molar-refractivity contribution in [2.24, 2.45) is 59.2 Å². The minimum atomic E-state index is -5.70. The second kappa shape index (κ2) is 13.7. The molecule has 4 aliphatic carbocycles. The van der Waals surface area contributed by atoms with Gasteiger partial charge in [-0.15, -0.1) is 0 Å². The van der Waals surface area contributed by atoms with Crippen LogP contribution >= 0.6 is 0 Å². The molecule has 0 spiro atoms. The summed E-state index contributed by atoms with van der Waals surface area (Å²) in [6.07, 6.45) is -4.08. The van der Waals surface area contributed by atoms with E-state index >= 15 is 0 Å². The molecule has 0 amide bonds. The standard InChI is InChI=1S/C20H28F6O2.C14H26O2/c1-4-5-12-6-10(2)16-13-7-14(15(8-13)17(12)16)9-18(19(21,22)23,20(24,25)26)28-11(3)27;1-6-7-11-8-10(2)9-12(11)13(15)16-14(3,4)5/h10,12-17H,4-9H2,1-3H3;10-12H,6-9H2,1-5H3. The molecule has 10 heteroatoms. The first-order valence-electron chi connectivity index (χ1n) is 16.7. The zero-order valence-electron chi connectivity index (χ0n) is 27.7. The van der Waals surface area contributed by atoms with Gasteiger partial charge in [0.25, 0.3) is 0 Å². The number of carbonyl (C=O) groups is 2. The van der Waals surface area contributed by atoms with Crippen molar-refractivity contribution >= 4 is 11.9 Å². The van der Waals surface area contributed by atoms with Gasteiger partial charge >= 0.3 is 29.9 Å². The number of hydrogen-bond acceptors (Lipinski definition) is 4. The van der Waals surface area contributed by atoms with Crippen LogP contribution in [0.1, 0.15) is 120 Å². The van der Waals surface area contributed by atoms with Crippen LogP contribution < -0.4 is 0 Å². The SMILES string of the molecule is CCCC1CC(C)C2C3CC(CC(OC(C)=O)(C(F)(F)F)C(F)(F)F)C(C3)C12.CCCC1CC(C)CC1C(=O)OC(C)(C)C. The van der Waals surface area contributed by atoms with Crippen LogP contribution in [0.2, 0.25) is 0 Å². The molecule has 0 radical (unpaired) electrons. The van der Waals surface area contributed by atoms with Crippen molar-refractivity contribution in [1.82, 2.24) is 0 Å². The molecule has 10 atom stereocenters. The maximum absolute atomic E-state index is 13.7. The number of ether oxygens (including phenoxy) is 2. The summed E-state index contributed by atoms with van der Waals surface area (Å²) in [5.74, 6) is 0.627. The highest BCUT2D eigenvalue weighted by molar-refractivity contribution is 5.73. The number of hydrogen-bond donors (Lipinski definition) is 0. The maximum Gasteiger partial charge on any atom is 0.437 e. The topological polar surface area (TPSA) is 52.6 Å². The van der Waals surface area contributed by atoms with Gasteiger partial charge in [0.2, 0.25) is 0 Å². The van der Waals surface area contributed by atoms with Crippen LogP contribution in [0.3, 0.4) is 0 Å². The van der Waals surface area contributed by atoms with Gasteiger partial charge < -0.3 is 9.47 Å². The van der Waals surface area contributed by atoms with Crippen molar-refractivity contribution in [1.29, 1.82) is 0 Å². The third kappa shape index (κ3) is 7.90. The quantitative estimate of drug-likeness (QED) is 0.196. The Morgan fingerprint density at radius 1 is 0.727 bits per heavy atom. The fourth-order valence-electron chi connectivity index (χ4n) is 9.73. The molecule has 0 aromatic rings. The average molecular weight is 641 g/mol. The van der Waals surface area contributed by atoms with Gasteiger partial charge in [-0.2, -0.15) is 26.3 Å². The van der Waals surface area contributed by atoms with Gasteiger partial charge in [0.05, 0.1) is 5.92 Å². The molecule has 0 aliphatic heterocycles. The lowest BCUT2D eigenvalue weighted by Crippen LogP contribution is -2.60. The maximum atomic E-state index is 13.7. The molecule has 0 aromatic heterocycles. The zero-order chi connectivity index (χ0) is 33.4. The molecule has 4 saturated carbocycles. The van der Waals surface area contributed by atoms with Gasteiger partial charge in [-0.3, -0.25) is 9.59 Å². The predicted octanol–water partition coefficient (Wildman–Crippen LogP) is 9.94. The molecule has 2 bridgehead atoms. The normalized spacial score (nSPS) is 35.2. The van der Waals surface area contributed by atoms with Crippen LogP contribution in [0.5, 0.6) is 0 Å². The van der Waals surface area contributed by atoms with Gasteiger partial charge in [-0.05, 0) is 113 Å². The molecule has 10 unspecified atom stereocenters. The van der Waals surface area contributed by atoms with Gasteiger partial charge in [0.1, 0.15) is 5.60 Å². The van der Waals surface area contributed by atoms with E-state index in [9.17, 15) is 35.9 Å². The highest BCUT2D eigenvalue weighted by Gasteiger charge is 2.75. The summed E-state index contributed by atoms with van der Waals surface area (Å²) in [6, 6.07) is 0. The molecule has 4 aliphatic rings. The smallest absolute Gasteiger partial charge is 0.437 e. The Bertz CT molecular complexity index is 972. The number of rotatable bonds is 8. The molecule has 0 heterocycles. The predicted molar refractivity (Wildman–Crippen MR) is 156 cm³/mol. The zero-order valence-corrected chi connectivity index (χ0v) is 27.7. The van der Waals surface area contributed by atoms with Gasteiger partial charge in [0, 0.05) is 13.3 Å². The summed E-state index contributed by atoms with van der Waals surface area (Å²) >= 11 is 0. The fourth-order valence-corrected chi connectivity index (χ4v) is 9.73. The van der Waals surface area contributed by atoms with Crippen LogP contribution in [0.4, 0.5) is 26.3 Å². The van der Waals surface area contributed by atoms with E-state index in [0.717, 1.165) is 38.5 Å². The van der Waals surface area contributed by atoms with Gasteiger partial charge in [0.15, 0.2) is 0 Å². The lowest BCUT2D eigenvalue weighted by atomic mass is 9.68. The molecule has 0 aromatic carbocycles. The summed E-state index contributed by atoms with van der Waals surface area (Å²) in [4.78, 5) is 23.3. The first kappa shape index (κ1) is 37.0. The number of alkyl halides is 6. The Balaban J connectivity index is 0.000000281. The van der Waals surface area contributed by atoms with E-state index in [4.69, 9.17) is 4.74 Å². The van der Waals surface area contributed by atoms with Crippen molar-refractivity contribution in [3.63, 3.8) is 0 Å². The minimum Gasteiger partial charge on any atom is -0.460 e. The summed E-state index contributed by atoms with van der Waals surface area (Å²) in [6.45, 7) is 15.1. The molecule has 4 fully saturated rings. The molecule has 44 heavy (non-hydrogen) atoms. The number of halogens is 6. The molecule has 256 valence electrons. The van der Waals surface area contributed by atoms with Crippen LogP contribution in [0, 0.1) is 59.2 Å². The van der Waals surface area contributed by atoms with Gasteiger partial charge in [-0.1, -0.05) is 47.0 Å². The van der Waals surface area contributed by atoms with Crippen molar-refractivity contribution in [3.8, 4) is 0 Å². The van der Waals surface area contributed by atoms with E-state index in [-0.39, 0.29) is 35.2 Å².